The molecule has 0 aromatic heterocycles. The Bertz CT molecular complexity index is 1650. The van der Waals surface area contributed by atoms with E-state index in [0.717, 1.165) is 116 Å². The summed E-state index contributed by atoms with van der Waals surface area (Å²) in [5.41, 5.74) is 0. The van der Waals surface area contributed by atoms with E-state index in [1.165, 1.54) is 44.9 Å². The number of likely N-dealkylation sites (N-methyl/N-ethyl adjacent to an activating group) is 1. The van der Waals surface area contributed by atoms with Crippen molar-refractivity contribution in [3.8, 4) is 0 Å². The zero-order valence-electron chi connectivity index (χ0n) is 46.7. The van der Waals surface area contributed by atoms with Crippen molar-refractivity contribution >= 4 is 17.9 Å². The number of carbonyl (C=O) groups excluding carboxylic acids is 2. The van der Waals surface area contributed by atoms with Crippen molar-refractivity contribution in [3.05, 3.63) is 134 Å². The van der Waals surface area contributed by atoms with Crippen LogP contribution in [0, 0.1) is 0 Å². The summed E-state index contributed by atoms with van der Waals surface area (Å²) in [6.07, 6.45) is 73.8. The number of allylic oxidation sites excluding steroid dienone is 22. The zero-order valence-corrected chi connectivity index (χ0v) is 46.7. The number of carboxylic acids is 1. The largest absolute Gasteiger partial charge is 0.477 e. The molecule has 2 unspecified atom stereocenters. The van der Waals surface area contributed by atoms with Gasteiger partial charge in [0, 0.05) is 12.8 Å². The Morgan fingerprint density at radius 3 is 1.19 bits per heavy atom. The number of ether oxygens (including phenoxy) is 4. The normalized spacial score (nSPS) is 13.8. The number of carboxylic acid groups (broad SMARTS) is 1. The molecular formula is C64H104NO8+. The van der Waals surface area contributed by atoms with Gasteiger partial charge in [-0.15, -0.1) is 0 Å². The predicted molar refractivity (Wildman–Crippen MR) is 308 cm³/mol. The van der Waals surface area contributed by atoms with Crippen molar-refractivity contribution in [1.29, 1.82) is 0 Å². The molecule has 0 bridgehead atoms. The van der Waals surface area contributed by atoms with E-state index in [1.807, 2.05) is 21.1 Å². The molecule has 9 nitrogen and oxygen atoms in total. The van der Waals surface area contributed by atoms with Gasteiger partial charge in [-0.2, -0.15) is 0 Å². The maximum atomic E-state index is 12.9. The van der Waals surface area contributed by atoms with Crippen LogP contribution in [0.4, 0.5) is 0 Å². The highest BCUT2D eigenvalue weighted by Crippen LogP contribution is 2.12. The van der Waals surface area contributed by atoms with Crippen LogP contribution in [0.5, 0.6) is 0 Å². The molecule has 0 aliphatic carbocycles. The lowest BCUT2D eigenvalue weighted by molar-refractivity contribution is -0.870. The van der Waals surface area contributed by atoms with Gasteiger partial charge >= 0.3 is 17.9 Å². The second kappa shape index (κ2) is 53.7. The molecule has 9 heteroatoms. The molecule has 0 fully saturated rings. The lowest BCUT2D eigenvalue weighted by Crippen LogP contribution is -2.40. The van der Waals surface area contributed by atoms with Crippen LogP contribution in [0.3, 0.4) is 0 Å². The fraction of sp³-hybridized carbons (Fsp3) is 0.609. The van der Waals surface area contributed by atoms with Crippen molar-refractivity contribution < 1.29 is 42.9 Å². The quantitative estimate of drug-likeness (QED) is 0.0211. The van der Waals surface area contributed by atoms with Crippen LogP contribution in [-0.4, -0.2) is 87.4 Å². The van der Waals surface area contributed by atoms with Crippen LogP contribution in [-0.2, 0) is 33.3 Å². The number of unbranched alkanes of at least 4 members (excludes halogenated alkanes) is 13. The van der Waals surface area contributed by atoms with Gasteiger partial charge in [-0.1, -0.05) is 199 Å². The topological polar surface area (TPSA) is 108 Å². The van der Waals surface area contributed by atoms with Gasteiger partial charge < -0.3 is 28.5 Å². The number of carbonyl (C=O) groups is 3. The Morgan fingerprint density at radius 1 is 0.425 bits per heavy atom. The number of hydrogen-bond acceptors (Lipinski definition) is 7. The third kappa shape index (κ3) is 55.0. The van der Waals surface area contributed by atoms with E-state index >= 15 is 0 Å². The summed E-state index contributed by atoms with van der Waals surface area (Å²) < 4.78 is 22.8. The van der Waals surface area contributed by atoms with Gasteiger partial charge in [0.2, 0.25) is 0 Å². The predicted octanol–water partition coefficient (Wildman–Crippen LogP) is 16.7. The fourth-order valence-corrected chi connectivity index (χ4v) is 7.03. The first-order valence-corrected chi connectivity index (χ1v) is 28.3. The number of nitrogens with zero attached hydrogens (tertiary/aromatic N) is 1. The lowest BCUT2D eigenvalue weighted by atomic mass is 10.1. The van der Waals surface area contributed by atoms with Gasteiger partial charge in [0.1, 0.15) is 13.2 Å². The summed E-state index contributed by atoms with van der Waals surface area (Å²) in [5, 5.41) is 9.70. The first-order valence-electron chi connectivity index (χ1n) is 28.3. The molecule has 0 amide bonds. The fourth-order valence-electron chi connectivity index (χ4n) is 7.03. The minimum absolute atomic E-state index is 0.168. The van der Waals surface area contributed by atoms with Gasteiger partial charge in [0.15, 0.2) is 6.10 Å². The van der Waals surface area contributed by atoms with E-state index in [1.54, 1.807) is 0 Å². The summed E-state index contributed by atoms with van der Waals surface area (Å²) in [6.45, 7) is 4.66. The van der Waals surface area contributed by atoms with Gasteiger partial charge in [0.25, 0.3) is 6.29 Å². The van der Waals surface area contributed by atoms with Crippen molar-refractivity contribution in [3.63, 3.8) is 0 Å². The van der Waals surface area contributed by atoms with Crippen LogP contribution in [0.2, 0.25) is 0 Å². The maximum Gasteiger partial charge on any atom is 0.361 e. The van der Waals surface area contributed by atoms with Crippen molar-refractivity contribution in [2.75, 3.05) is 47.5 Å². The SMILES string of the molecule is CC/C=C\C/C=C\C/C=C\C/C=C\C/C=C\C/C=C\C/C=C\C/C=C\CCCCC(=O)OC(COC(=O)CCCCCCCC/C=C\C/C=C\C/C=C\CCCCCCC)COC(OCC[N+](C)(C)C)C(=O)O. The number of hydrogen-bond donors (Lipinski definition) is 1. The molecule has 0 aliphatic rings. The van der Waals surface area contributed by atoms with Crippen LogP contribution >= 0.6 is 0 Å². The molecule has 0 spiro atoms. The second-order valence-corrected chi connectivity index (χ2v) is 19.5. The van der Waals surface area contributed by atoms with E-state index in [-0.39, 0.29) is 38.6 Å². The molecule has 0 aromatic rings. The summed E-state index contributed by atoms with van der Waals surface area (Å²) >= 11 is 0. The Kier molecular flexibility index (Phi) is 50.4. The molecule has 412 valence electrons. The van der Waals surface area contributed by atoms with Gasteiger partial charge in [0.05, 0.1) is 34.4 Å². The van der Waals surface area contributed by atoms with Crippen LogP contribution in [0.25, 0.3) is 0 Å². The highest BCUT2D eigenvalue weighted by atomic mass is 16.7. The Labute approximate surface area is 446 Å². The molecule has 0 aliphatic heterocycles. The van der Waals surface area contributed by atoms with Gasteiger partial charge in [-0.3, -0.25) is 9.59 Å². The standard InChI is InChI=1S/C64H103NO8/c1-6-8-10-12-14-16-18-20-22-24-26-28-29-30-31-32-33-35-37-39-41-43-45-47-49-51-53-55-62(67)73-60(59-72-64(63(68)69)70-57-56-65(3,4)5)58-71-61(66)54-52-50-48-46-44-42-40-38-36-34-27-25-23-21-19-17-15-13-11-9-7-2/h8,10,14,16,19-22,25-28,30-31,33,35-36,38-39,41,45,47,60,64H,6-7,9,11-13,15,17-18,23-24,29,32,34,37,40,42-44,46,48-59H2,1-5H3/p+1/b10-8-,16-14-,21-19-,22-20-,27-25-,28-26-,31-30-,35-33-,38-36-,41-39-,47-45-. The lowest BCUT2D eigenvalue weighted by Gasteiger charge is -2.25. The van der Waals surface area contributed by atoms with E-state index in [4.69, 9.17) is 18.9 Å². The van der Waals surface area contributed by atoms with E-state index in [0.29, 0.717) is 17.4 Å². The Morgan fingerprint density at radius 2 is 0.781 bits per heavy atom. The second-order valence-electron chi connectivity index (χ2n) is 19.5. The number of aliphatic carboxylic acids is 1. The molecule has 1 N–H and O–H groups in total. The monoisotopic (exact) mass is 1010 g/mol. The summed E-state index contributed by atoms with van der Waals surface area (Å²) in [6, 6.07) is 0. The third-order valence-corrected chi connectivity index (χ3v) is 11.4. The van der Waals surface area contributed by atoms with Crippen molar-refractivity contribution in [2.24, 2.45) is 0 Å². The van der Waals surface area contributed by atoms with E-state index in [9.17, 15) is 19.5 Å². The molecule has 0 saturated carbocycles. The van der Waals surface area contributed by atoms with Gasteiger partial charge in [-0.05, 0) is 116 Å². The molecule has 2 atom stereocenters. The summed E-state index contributed by atoms with van der Waals surface area (Å²) in [4.78, 5) is 37.4. The van der Waals surface area contributed by atoms with E-state index < -0.39 is 24.3 Å². The summed E-state index contributed by atoms with van der Waals surface area (Å²) in [5.74, 6) is -2.10. The molecule has 0 aromatic carbocycles. The molecular weight excluding hydrogens is 911 g/mol. The Balaban J connectivity index is 4.44. The number of esters is 2. The smallest absolute Gasteiger partial charge is 0.361 e. The first-order chi connectivity index (χ1) is 35.6. The third-order valence-electron chi connectivity index (χ3n) is 11.4. The Hall–Kier alpha value is -4.57. The highest BCUT2D eigenvalue weighted by Gasteiger charge is 2.25. The van der Waals surface area contributed by atoms with E-state index in [2.05, 4.69) is 148 Å². The zero-order chi connectivity index (χ0) is 53.4. The molecule has 0 radical (unpaired) electrons. The highest BCUT2D eigenvalue weighted by molar-refractivity contribution is 5.71. The van der Waals surface area contributed by atoms with Gasteiger partial charge in [-0.25, -0.2) is 4.79 Å². The average Bonchev–Trinajstić information content (AvgIpc) is 3.36. The van der Waals surface area contributed by atoms with Crippen LogP contribution in [0.1, 0.15) is 194 Å². The van der Waals surface area contributed by atoms with Crippen LogP contribution in [0.15, 0.2) is 134 Å². The number of rotatable bonds is 50. The minimum Gasteiger partial charge on any atom is -0.477 e. The van der Waals surface area contributed by atoms with Crippen molar-refractivity contribution in [1.82, 2.24) is 0 Å². The van der Waals surface area contributed by atoms with Crippen LogP contribution < -0.4 is 0 Å². The van der Waals surface area contributed by atoms with Crippen molar-refractivity contribution in [2.45, 2.75) is 206 Å². The number of quaternary nitrogens is 1. The molecule has 0 heterocycles. The molecule has 0 rings (SSSR count). The maximum absolute atomic E-state index is 12.9. The summed E-state index contributed by atoms with van der Waals surface area (Å²) in [7, 11) is 5.93. The molecule has 73 heavy (non-hydrogen) atoms. The minimum atomic E-state index is -1.54. The first kappa shape index (κ1) is 68.4. The molecule has 0 saturated heterocycles. The average molecular weight is 1020 g/mol.